The van der Waals surface area contributed by atoms with E-state index in [4.69, 9.17) is 4.74 Å². The highest BCUT2D eigenvalue weighted by Gasteiger charge is 2.50. The maximum atomic E-state index is 14.4. The van der Waals surface area contributed by atoms with Crippen LogP contribution in [0.4, 0.5) is 4.39 Å². The largest absolute Gasteiger partial charge is 0.494 e. The van der Waals surface area contributed by atoms with E-state index >= 15 is 0 Å². The van der Waals surface area contributed by atoms with E-state index in [1.165, 1.54) is 6.07 Å². The lowest BCUT2D eigenvalue weighted by atomic mass is 9.96. The Balaban J connectivity index is 0.00000225. The molecule has 1 aromatic carbocycles. The zero-order chi connectivity index (χ0) is 19.0. The molecule has 1 aromatic heterocycles. The molecule has 2 atom stereocenters. The summed E-state index contributed by atoms with van der Waals surface area (Å²) in [5.74, 6) is 0.514. The minimum Gasteiger partial charge on any atom is -0.494 e. The van der Waals surface area contributed by atoms with Gasteiger partial charge in [0.2, 0.25) is 5.91 Å². The van der Waals surface area contributed by atoms with Crippen LogP contribution in [0.15, 0.2) is 36.5 Å². The van der Waals surface area contributed by atoms with Crippen molar-refractivity contribution in [3.05, 3.63) is 48.0 Å². The molecule has 0 radical (unpaired) electrons. The highest BCUT2D eigenvalue weighted by molar-refractivity contribution is 5.88. The number of carbonyl (C=O) groups excluding carboxylic acids is 1. The van der Waals surface area contributed by atoms with Gasteiger partial charge in [0.15, 0.2) is 0 Å². The van der Waals surface area contributed by atoms with E-state index in [1.54, 1.807) is 29.3 Å². The molecule has 0 bridgehead atoms. The van der Waals surface area contributed by atoms with Crippen molar-refractivity contribution < 1.29 is 13.9 Å². The number of likely N-dealkylation sites (N-methyl/N-ethyl adjacent to an activating group) is 1. The van der Waals surface area contributed by atoms with E-state index in [2.05, 4.69) is 10.3 Å². The van der Waals surface area contributed by atoms with Crippen molar-refractivity contribution in [2.45, 2.75) is 37.8 Å². The number of benzene rings is 1. The van der Waals surface area contributed by atoms with E-state index in [0.717, 1.165) is 37.1 Å². The molecule has 4 rings (SSSR count). The Kier molecular flexibility index (Phi) is 5.91. The Hall–Kier alpha value is -2.18. The number of carbonyl (C=O) groups is 1. The molecule has 0 saturated carbocycles. The molecule has 2 aromatic rings. The quantitative estimate of drug-likeness (QED) is 0.842. The summed E-state index contributed by atoms with van der Waals surface area (Å²) in [6.45, 7) is 3.21. The lowest BCUT2D eigenvalue weighted by Gasteiger charge is -2.23. The second kappa shape index (κ2) is 8.05. The third kappa shape index (κ3) is 3.59. The Morgan fingerprint density at radius 1 is 1.32 bits per heavy atom. The first-order chi connectivity index (χ1) is 13.0. The number of likely N-dealkylation sites (tertiary alicyclic amines) is 1. The molecule has 2 fully saturated rings. The topological polar surface area (TPSA) is 54.5 Å². The van der Waals surface area contributed by atoms with Crippen molar-refractivity contribution in [3.63, 3.8) is 0 Å². The van der Waals surface area contributed by atoms with Crippen molar-refractivity contribution in [1.82, 2.24) is 15.2 Å². The van der Waals surface area contributed by atoms with Crippen LogP contribution < -0.4 is 10.1 Å². The van der Waals surface area contributed by atoms with Crippen LogP contribution >= 0.6 is 12.4 Å². The fourth-order valence-electron chi connectivity index (χ4n) is 4.18. The average Bonchev–Trinajstić information content (AvgIpc) is 3.24. The van der Waals surface area contributed by atoms with Crippen molar-refractivity contribution in [2.24, 2.45) is 0 Å². The fourth-order valence-corrected chi connectivity index (χ4v) is 4.18. The predicted molar refractivity (Wildman–Crippen MR) is 108 cm³/mol. The van der Waals surface area contributed by atoms with Crippen molar-refractivity contribution in [3.8, 4) is 16.9 Å². The summed E-state index contributed by atoms with van der Waals surface area (Å²) in [5, 5.41) is 3.52. The summed E-state index contributed by atoms with van der Waals surface area (Å²) in [5.41, 5.74) is 1.63. The maximum absolute atomic E-state index is 14.4. The number of nitrogens with one attached hydrogen (secondary N) is 1. The molecule has 0 unspecified atom stereocenters. The van der Waals surface area contributed by atoms with Crippen molar-refractivity contribution >= 4 is 18.3 Å². The smallest absolute Gasteiger partial charge is 0.242 e. The van der Waals surface area contributed by atoms with Gasteiger partial charge < -0.3 is 9.64 Å². The van der Waals surface area contributed by atoms with Crippen LogP contribution in [0.1, 0.15) is 37.9 Å². The van der Waals surface area contributed by atoms with Gasteiger partial charge in [-0.1, -0.05) is 0 Å². The number of amides is 1. The lowest BCUT2D eigenvalue weighted by molar-refractivity contribution is -0.131. The number of halogens is 2. The molecule has 3 heterocycles. The lowest BCUT2D eigenvalue weighted by Crippen LogP contribution is -2.47. The van der Waals surface area contributed by atoms with E-state index < -0.39 is 5.54 Å². The zero-order valence-electron chi connectivity index (χ0n) is 16.1. The van der Waals surface area contributed by atoms with Crippen molar-refractivity contribution in [2.75, 3.05) is 20.2 Å². The van der Waals surface area contributed by atoms with E-state index in [-0.39, 0.29) is 30.2 Å². The third-order valence-electron chi connectivity index (χ3n) is 5.64. The summed E-state index contributed by atoms with van der Waals surface area (Å²) in [4.78, 5) is 18.8. The minimum atomic E-state index is -0.461. The Morgan fingerprint density at radius 3 is 2.86 bits per heavy atom. The van der Waals surface area contributed by atoms with Gasteiger partial charge in [0.05, 0.1) is 18.3 Å². The number of hydrogen-bond donors (Lipinski definition) is 1. The van der Waals surface area contributed by atoms with Crippen LogP contribution in [0.25, 0.3) is 11.1 Å². The van der Waals surface area contributed by atoms with Gasteiger partial charge in [0.25, 0.3) is 0 Å². The summed E-state index contributed by atoms with van der Waals surface area (Å²) < 4.78 is 19.9. The molecule has 1 amide bonds. The van der Waals surface area contributed by atoms with E-state index in [0.29, 0.717) is 17.9 Å². The van der Waals surface area contributed by atoms with Gasteiger partial charge in [-0.05, 0) is 62.1 Å². The number of aromatic nitrogens is 1. The average molecular weight is 406 g/mol. The Morgan fingerprint density at radius 2 is 2.14 bits per heavy atom. The molecule has 1 spiro atoms. The van der Waals surface area contributed by atoms with Crippen LogP contribution in [0.5, 0.6) is 5.75 Å². The normalized spacial score (nSPS) is 23.9. The number of ether oxygens (including phenoxy) is 1. The highest BCUT2D eigenvalue weighted by Crippen LogP contribution is 2.39. The second-order valence-corrected chi connectivity index (χ2v) is 7.34. The first-order valence-corrected chi connectivity index (χ1v) is 9.44. The summed E-state index contributed by atoms with van der Waals surface area (Å²) in [7, 11) is 1.85. The van der Waals surface area contributed by atoms with Crippen LogP contribution in [0.3, 0.4) is 0 Å². The first-order valence-electron chi connectivity index (χ1n) is 9.44. The molecular weight excluding hydrogens is 381 g/mol. The molecular formula is C21H25ClFN3O2. The number of rotatable bonds is 4. The van der Waals surface area contributed by atoms with Crippen LogP contribution in [0.2, 0.25) is 0 Å². The fraction of sp³-hybridized carbons (Fsp3) is 0.429. The van der Waals surface area contributed by atoms with Gasteiger partial charge in [0, 0.05) is 25.4 Å². The van der Waals surface area contributed by atoms with Gasteiger partial charge in [-0.15, -0.1) is 12.4 Å². The molecule has 2 aliphatic heterocycles. The summed E-state index contributed by atoms with van der Waals surface area (Å²) in [6, 6.07) is 8.49. The van der Waals surface area contributed by atoms with Gasteiger partial charge in [-0.2, -0.15) is 0 Å². The highest BCUT2D eigenvalue weighted by atomic mass is 35.5. The van der Waals surface area contributed by atoms with Crippen molar-refractivity contribution in [1.29, 1.82) is 0 Å². The molecule has 0 aliphatic carbocycles. The summed E-state index contributed by atoms with van der Waals surface area (Å²) in [6.07, 6.45) is 4.18. The monoisotopic (exact) mass is 405 g/mol. The number of hydrogen-bond acceptors (Lipinski definition) is 4. The van der Waals surface area contributed by atoms with Gasteiger partial charge in [-0.3, -0.25) is 15.1 Å². The number of pyridine rings is 1. The van der Waals surface area contributed by atoms with Gasteiger partial charge in [0.1, 0.15) is 17.1 Å². The summed E-state index contributed by atoms with van der Waals surface area (Å²) >= 11 is 0. The SMILES string of the molecule is CCOc1ccc(F)c(-c2ccnc([C@H]3CC[C@@]4(CCN(C)C4=O)N3)c2)c1.Cl. The third-order valence-corrected chi connectivity index (χ3v) is 5.64. The van der Waals surface area contributed by atoms with E-state index in [1.807, 2.05) is 20.0 Å². The second-order valence-electron chi connectivity index (χ2n) is 7.34. The van der Waals surface area contributed by atoms with Gasteiger partial charge in [-0.25, -0.2) is 4.39 Å². The molecule has 5 nitrogen and oxygen atoms in total. The molecule has 1 N–H and O–H groups in total. The molecule has 150 valence electrons. The predicted octanol–water partition coefficient (Wildman–Crippen LogP) is 3.73. The standard InChI is InChI=1S/C21H24FN3O2.ClH/c1-3-27-15-4-5-17(22)16(13-15)14-7-10-23-19(12-14)18-6-8-21(24-18)9-11-25(2)20(21)26;/h4-5,7,10,12-13,18,24H,3,6,8-9,11H2,1-2H3;1H/t18-,21+;/m1./s1. The zero-order valence-corrected chi connectivity index (χ0v) is 16.9. The molecule has 7 heteroatoms. The molecule has 2 aliphatic rings. The number of nitrogens with zero attached hydrogens (tertiary/aromatic N) is 2. The molecule has 28 heavy (non-hydrogen) atoms. The van der Waals surface area contributed by atoms with E-state index in [9.17, 15) is 9.18 Å². The van der Waals surface area contributed by atoms with Crippen LogP contribution in [0, 0.1) is 5.82 Å². The first kappa shape index (κ1) is 20.6. The Labute approximate surface area is 170 Å². The van der Waals surface area contributed by atoms with Crippen LogP contribution in [-0.2, 0) is 4.79 Å². The van der Waals surface area contributed by atoms with Crippen LogP contribution in [-0.4, -0.2) is 41.5 Å². The minimum absolute atomic E-state index is 0. The van der Waals surface area contributed by atoms with Gasteiger partial charge >= 0.3 is 0 Å². The maximum Gasteiger partial charge on any atom is 0.242 e. The molecule has 2 saturated heterocycles. The Bertz CT molecular complexity index is 878.